The van der Waals surface area contributed by atoms with Crippen molar-refractivity contribution >= 4 is 34.9 Å². The lowest BCUT2D eigenvalue weighted by Crippen LogP contribution is -2.24. The van der Waals surface area contributed by atoms with Gasteiger partial charge in [0.1, 0.15) is 5.75 Å². The minimum Gasteiger partial charge on any atom is -0.507 e. The lowest BCUT2D eigenvalue weighted by molar-refractivity contribution is 0.0976. The maximum atomic E-state index is 13.5. The van der Waals surface area contributed by atoms with Crippen molar-refractivity contribution in [3.8, 4) is 5.75 Å². The smallest absolute Gasteiger partial charge is 0.259 e. The Hall–Kier alpha value is -4.16. The summed E-state index contributed by atoms with van der Waals surface area (Å²) in [5.41, 5.74) is 1.36. The number of anilines is 1. The van der Waals surface area contributed by atoms with Gasteiger partial charge in [-0.05, 0) is 36.4 Å². The van der Waals surface area contributed by atoms with Crippen LogP contribution in [0.25, 0.3) is 0 Å². The maximum absolute atomic E-state index is 13.5. The fourth-order valence-corrected chi connectivity index (χ4v) is 4.83. The number of amides is 1. The van der Waals surface area contributed by atoms with Gasteiger partial charge in [-0.25, -0.2) is 0 Å². The second-order valence-electron chi connectivity index (χ2n) is 7.45. The van der Waals surface area contributed by atoms with E-state index >= 15 is 0 Å². The molecule has 5 nitrogen and oxygen atoms in total. The van der Waals surface area contributed by atoms with Gasteiger partial charge in [0, 0.05) is 26.5 Å². The number of rotatable bonds is 4. The summed E-state index contributed by atoms with van der Waals surface area (Å²) < 4.78 is 0. The third kappa shape index (κ3) is 3.70. The van der Waals surface area contributed by atoms with Crippen molar-refractivity contribution in [2.45, 2.75) is 9.79 Å². The molecule has 0 atom stereocenters. The van der Waals surface area contributed by atoms with Gasteiger partial charge in [-0.15, -0.1) is 0 Å². The zero-order valence-electron chi connectivity index (χ0n) is 17.2. The average molecular weight is 452 g/mol. The highest BCUT2D eigenvalue weighted by atomic mass is 32.2. The highest BCUT2D eigenvalue weighted by Gasteiger charge is 2.34. The molecular formula is C27H17NO4S. The number of phenolic OH excluding ortho intramolecular Hbond substituents is 1. The molecule has 0 saturated carbocycles. The summed E-state index contributed by atoms with van der Waals surface area (Å²) in [7, 11) is 0. The van der Waals surface area contributed by atoms with Crippen LogP contribution in [0.1, 0.15) is 42.2 Å². The summed E-state index contributed by atoms with van der Waals surface area (Å²) >= 11 is 1.38. The van der Waals surface area contributed by atoms with E-state index in [1.165, 1.54) is 23.9 Å². The fraction of sp³-hybridized carbons (Fsp3) is 0. The minimum atomic E-state index is -0.571. The topological polar surface area (TPSA) is 83.5 Å². The van der Waals surface area contributed by atoms with Crippen LogP contribution in [0.4, 0.5) is 5.69 Å². The van der Waals surface area contributed by atoms with Crippen LogP contribution in [0.3, 0.4) is 0 Å². The largest absolute Gasteiger partial charge is 0.507 e. The zero-order chi connectivity index (χ0) is 22.9. The number of ketones is 2. The van der Waals surface area contributed by atoms with Gasteiger partial charge in [0.25, 0.3) is 5.91 Å². The molecule has 0 aliphatic heterocycles. The molecule has 0 aromatic heterocycles. The van der Waals surface area contributed by atoms with Gasteiger partial charge in [0.15, 0.2) is 11.6 Å². The van der Waals surface area contributed by atoms with Crippen molar-refractivity contribution in [3.05, 3.63) is 119 Å². The van der Waals surface area contributed by atoms with E-state index in [1.807, 2.05) is 30.3 Å². The number of benzene rings is 4. The number of para-hydroxylation sites is 1. The molecule has 1 aliphatic carbocycles. The number of hydrogen-bond donors (Lipinski definition) is 2. The predicted octanol–water partition coefficient (Wildman–Crippen LogP) is 5.57. The molecule has 1 amide bonds. The Morgan fingerprint density at radius 3 is 2.00 bits per heavy atom. The molecule has 6 heteroatoms. The molecule has 2 N–H and O–H groups in total. The molecule has 4 aromatic carbocycles. The first kappa shape index (κ1) is 20.7. The van der Waals surface area contributed by atoms with Gasteiger partial charge < -0.3 is 10.4 Å². The average Bonchev–Trinajstić information content (AvgIpc) is 2.84. The molecule has 4 aromatic rings. The molecular weight excluding hydrogens is 434 g/mol. The van der Waals surface area contributed by atoms with Crippen molar-refractivity contribution in [3.63, 3.8) is 0 Å². The van der Waals surface area contributed by atoms with E-state index in [1.54, 1.807) is 48.5 Å². The zero-order valence-corrected chi connectivity index (χ0v) is 18.1. The van der Waals surface area contributed by atoms with Crippen LogP contribution in [-0.2, 0) is 0 Å². The van der Waals surface area contributed by atoms with Crippen LogP contribution in [0.15, 0.2) is 101 Å². The van der Waals surface area contributed by atoms with Crippen molar-refractivity contribution < 1.29 is 19.5 Å². The number of hydrogen-bond acceptors (Lipinski definition) is 5. The molecule has 0 radical (unpaired) electrons. The summed E-state index contributed by atoms with van der Waals surface area (Å²) in [5.74, 6) is -1.34. The third-order valence-corrected chi connectivity index (χ3v) is 6.47. The first-order valence-electron chi connectivity index (χ1n) is 10.2. The molecule has 0 unspecified atom stereocenters. The van der Waals surface area contributed by atoms with E-state index in [0.29, 0.717) is 16.0 Å². The second-order valence-corrected chi connectivity index (χ2v) is 8.57. The Labute approximate surface area is 194 Å². The van der Waals surface area contributed by atoms with Gasteiger partial charge in [0.2, 0.25) is 0 Å². The predicted molar refractivity (Wildman–Crippen MR) is 126 cm³/mol. The number of fused-ring (bicyclic) bond motifs is 2. The van der Waals surface area contributed by atoms with E-state index in [9.17, 15) is 19.5 Å². The summed E-state index contributed by atoms with van der Waals surface area (Å²) in [6.07, 6.45) is 0. The van der Waals surface area contributed by atoms with E-state index in [2.05, 4.69) is 5.32 Å². The summed E-state index contributed by atoms with van der Waals surface area (Å²) in [6.45, 7) is 0. The maximum Gasteiger partial charge on any atom is 0.259 e. The number of carbonyl (C=O) groups is 3. The summed E-state index contributed by atoms with van der Waals surface area (Å²) in [5, 5.41) is 12.8. The highest BCUT2D eigenvalue weighted by Crippen LogP contribution is 2.40. The normalized spacial score (nSPS) is 12.1. The quantitative estimate of drug-likeness (QED) is 0.373. The van der Waals surface area contributed by atoms with E-state index in [-0.39, 0.29) is 39.7 Å². The van der Waals surface area contributed by atoms with E-state index in [4.69, 9.17) is 0 Å². The Bertz CT molecular complexity index is 1430. The number of carbonyl (C=O) groups excluding carboxylic acids is 3. The number of phenols is 1. The van der Waals surface area contributed by atoms with Crippen molar-refractivity contribution in [2.24, 2.45) is 0 Å². The van der Waals surface area contributed by atoms with Crippen molar-refractivity contribution in [2.75, 3.05) is 5.32 Å². The molecule has 1 aliphatic rings. The summed E-state index contributed by atoms with van der Waals surface area (Å²) in [4.78, 5) is 41.4. The molecule has 33 heavy (non-hydrogen) atoms. The van der Waals surface area contributed by atoms with Crippen LogP contribution in [-0.4, -0.2) is 22.6 Å². The Morgan fingerprint density at radius 1 is 0.697 bits per heavy atom. The number of aromatic hydroxyl groups is 1. The molecule has 0 saturated heterocycles. The van der Waals surface area contributed by atoms with Crippen LogP contribution in [0.2, 0.25) is 0 Å². The van der Waals surface area contributed by atoms with Crippen LogP contribution < -0.4 is 5.32 Å². The first-order valence-corrected chi connectivity index (χ1v) is 11.0. The van der Waals surface area contributed by atoms with Gasteiger partial charge in [-0.2, -0.15) is 0 Å². The summed E-state index contributed by atoms with van der Waals surface area (Å²) in [6, 6.07) is 25.7. The van der Waals surface area contributed by atoms with Crippen molar-refractivity contribution in [1.82, 2.24) is 0 Å². The minimum absolute atomic E-state index is 0.0731. The van der Waals surface area contributed by atoms with E-state index < -0.39 is 5.91 Å². The van der Waals surface area contributed by atoms with E-state index in [0.717, 1.165) is 4.90 Å². The fourth-order valence-electron chi connectivity index (χ4n) is 3.85. The lowest BCUT2D eigenvalue weighted by Gasteiger charge is -2.23. The van der Waals surface area contributed by atoms with Gasteiger partial charge in [0.05, 0.1) is 16.8 Å². The second kappa shape index (κ2) is 8.41. The molecule has 5 rings (SSSR count). The number of nitrogens with one attached hydrogen (secondary N) is 1. The molecule has 0 heterocycles. The van der Waals surface area contributed by atoms with Gasteiger partial charge in [-0.1, -0.05) is 66.4 Å². The SMILES string of the molecule is O=C(Nc1ccc(Sc2ccccc2)c2c1C(=O)c1ccccc1C2=O)c1ccccc1O. The lowest BCUT2D eigenvalue weighted by atomic mass is 9.83. The Balaban J connectivity index is 1.64. The van der Waals surface area contributed by atoms with Crippen LogP contribution in [0, 0.1) is 0 Å². The Morgan fingerprint density at radius 2 is 1.30 bits per heavy atom. The van der Waals surface area contributed by atoms with Crippen LogP contribution in [0.5, 0.6) is 5.75 Å². The molecule has 0 spiro atoms. The Kier molecular flexibility index (Phi) is 5.28. The van der Waals surface area contributed by atoms with Gasteiger partial charge in [-0.3, -0.25) is 14.4 Å². The highest BCUT2D eigenvalue weighted by molar-refractivity contribution is 7.99. The van der Waals surface area contributed by atoms with Gasteiger partial charge >= 0.3 is 0 Å². The molecule has 0 fully saturated rings. The monoisotopic (exact) mass is 451 g/mol. The standard InChI is InChI=1S/C27H17NO4S/c29-21-13-7-6-12-19(21)27(32)28-20-14-15-22(33-16-8-2-1-3-9-16)24-23(20)25(30)17-10-4-5-11-18(17)26(24)31/h1-15,29H,(H,28,32). The molecule has 160 valence electrons. The van der Waals surface area contributed by atoms with Crippen LogP contribution >= 0.6 is 11.8 Å². The van der Waals surface area contributed by atoms with Crippen molar-refractivity contribution in [1.29, 1.82) is 0 Å². The first-order chi connectivity index (χ1) is 16.0. The molecule has 0 bridgehead atoms. The third-order valence-electron chi connectivity index (χ3n) is 5.41.